The van der Waals surface area contributed by atoms with Crippen LogP contribution >= 0.6 is 11.8 Å². The van der Waals surface area contributed by atoms with Gasteiger partial charge in [0.25, 0.3) is 0 Å². The number of furan rings is 1. The first-order valence-corrected chi connectivity index (χ1v) is 9.45. The van der Waals surface area contributed by atoms with Gasteiger partial charge in [-0.15, -0.1) is 10.2 Å². The summed E-state index contributed by atoms with van der Waals surface area (Å²) in [5, 5.41) is 9.96. The second-order valence-corrected chi connectivity index (χ2v) is 7.83. The third-order valence-electron chi connectivity index (χ3n) is 4.08. The van der Waals surface area contributed by atoms with Gasteiger partial charge in [0.2, 0.25) is 5.95 Å². The van der Waals surface area contributed by atoms with E-state index < -0.39 is 0 Å². The van der Waals surface area contributed by atoms with Crippen molar-refractivity contribution in [1.29, 1.82) is 0 Å². The van der Waals surface area contributed by atoms with Gasteiger partial charge in [0.15, 0.2) is 5.16 Å². The van der Waals surface area contributed by atoms with Crippen LogP contribution in [0, 0.1) is 11.8 Å². The molecule has 3 heterocycles. The lowest BCUT2D eigenvalue weighted by Crippen LogP contribution is -2.36. The average Bonchev–Trinajstić information content (AvgIpc) is 3.15. The van der Waals surface area contributed by atoms with Crippen LogP contribution in [0.3, 0.4) is 0 Å². The molecule has 1 unspecified atom stereocenters. The molecule has 5 nitrogen and oxygen atoms in total. The second kappa shape index (κ2) is 7.43. The van der Waals surface area contributed by atoms with Crippen molar-refractivity contribution in [1.82, 2.24) is 14.8 Å². The maximum atomic E-state index is 5.55. The predicted octanol–water partition coefficient (Wildman–Crippen LogP) is 3.90. The topological polar surface area (TPSA) is 47.1 Å². The van der Waals surface area contributed by atoms with Gasteiger partial charge in [-0.2, -0.15) is 0 Å². The minimum absolute atomic E-state index is 0.632. The van der Waals surface area contributed by atoms with Crippen LogP contribution in [0.25, 0.3) is 0 Å². The first kappa shape index (κ1) is 16.4. The van der Waals surface area contributed by atoms with E-state index in [1.807, 2.05) is 12.1 Å². The number of anilines is 1. The molecule has 2 aromatic heterocycles. The van der Waals surface area contributed by atoms with E-state index in [-0.39, 0.29) is 0 Å². The normalized spacial score (nSPS) is 18.8. The lowest BCUT2D eigenvalue weighted by Gasteiger charge is -2.31. The lowest BCUT2D eigenvalue weighted by atomic mass is 10.0. The van der Waals surface area contributed by atoms with E-state index in [1.54, 1.807) is 18.0 Å². The van der Waals surface area contributed by atoms with Crippen LogP contribution < -0.4 is 4.90 Å². The van der Waals surface area contributed by atoms with Gasteiger partial charge in [-0.1, -0.05) is 32.5 Å². The molecule has 126 valence electrons. The van der Waals surface area contributed by atoms with Crippen molar-refractivity contribution in [3.8, 4) is 0 Å². The molecule has 6 heteroatoms. The van der Waals surface area contributed by atoms with E-state index in [4.69, 9.17) is 4.42 Å². The smallest absolute Gasteiger partial charge is 0.228 e. The largest absolute Gasteiger partial charge is 0.467 e. The van der Waals surface area contributed by atoms with Crippen LogP contribution in [-0.2, 0) is 6.54 Å². The maximum Gasteiger partial charge on any atom is 0.228 e. The third-order valence-corrected chi connectivity index (χ3v) is 5.47. The Hall–Kier alpha value is -1.43. The number of thioether (sulfide) groups is 1. The number of aromatic nitrogens is 3. The molecular formula is C17H26N4OS. The minimum atomic E-state index is 0.632. The van der Waals surface area contributed by atoms with Crippen LogP contribution in [0.5, 0.6) is 0 Å². The minimum Gasteiger partial charge on any atom is -0.467 e. The summed E-state index contributed by atoms with van der Waals surface area (Å²) in [5.74, 6) is 4.32. The number of hydrogen-bond donors (Lipinski definition) is 0. The molecule has 1 fully saturated rings. The van der Waals surface area contributed by atoms with Crippen LogP contribution in [-0.4, -0.2) is 33.6 Å². The zero-order chi connectivity index (χ0) is 16.2. The third kappa shape index (κ3) is 4.10. The fraction of sp³-hybridized carbons (Fsp3) is 0.647. The zero-order valence-corrected chi connectivity index (χ0v) is 15.1. The van der Waals surface area contributed by atoms with Gasteiger partial charge in [0.05, 0.1) is 12.8 Å². The Morgan fingerprint density at radius 2 is 2.26 bits per heavy atom. The molecule has 1 saturated heterocycles. The molecule has 1 aliphatic heterocycles. The summed E-state index contributed by atoms with van der Waals surface area (Å²) in [4.78, 5) is 2.38. The van der Waals surface area contributed by atoms with Crippen molar-refractivity contribution < 1.29 is 4.42 Å². The van der Waals surface area contributed by atoms with Gasteiger partial charge in [0, 0.05) is 18.8 Å². The molecule has 0 saturated carbocycles. The molecule has 1 atom stereocenters. The van der Waals surface area contributed by atoms with Gasteiger partial charge in [-0.25, -0.2) is 0 Å². The number of hydrogen-bond acceptors (Lipinski definition) is 5. The lowest BCUT2D eigenvalue weighted by molar-refractivity contribution is 0.432. The summed E-state index contributed by atoms with van der Waals surface area (Å²) in [6.07, 6.45) is 4.25. The maximum absolute atomic E-state index is 5.55. The van der Waals surface area contributed by atoms with Gasteiger partial charge < -0.3 is 9.32 Å². The van der Waals surface area contributed by atoms with Crippen molar-refractivity contribution in [3.05, 3.63) is 24.2 Å². The van der Waals surface area contributed by atoms with Crippen molar-refractivity contribution in [2.75, 3.05) is 23.7 Å². The molecule has 1 aliphatic rings. The van der Waals surface area contributed by atoms with E-state index in [0.29, 0.717) is 18.4 Å². The van der Waals surface area contributed by atoms with Gasteiger partial charge in [-0.05, 0) is 36.8 Å². The van der Waals surface area contributed by atoms with E-state index >= 15 is 0 Å². The SMILES string of the molecule is CC(C)CSc1nnc(N2CCCC(C)C2)n1Cc1ccco1. The molecular weight excluding hydrogens is 308 g/mol. The highest BCUT2D eigenvalue weighted by Gasteiger charge is 2.23. The molecule has 3 rings (SSSR count). The molecule has 0 amide bonds. The summed E-state index contributed by atoms with van der Waals surface area (Å²) in [6, 6.07) is 3.95. The van der Waals surface area contributed by atoms with E-state index in [0.717, 1.165) is 35.7 Å². The summed E-state index contributed by atoms with van der Waals surface area (Å²) in [7, 11) is 0. The van der Waals surface area contributed by atoms with Crippen LogP contribution in [0.2, 0.25) is 0 Å². The number of nitrogens with zero attached hydrogens (tertiary/aromatic N) is 4. The first-order chi connectivity index (χ1) is 11.1. The van der Waals surface area contributed by atoms with Crippen LogP contribution in [0.4, 0.5) is 5.95 Å². The summed E-state index contributed by atoms with van der Waals surface area (Å²) in [6.45, 7) is 9.59. The highest BCUT2D eigenvalue weighted by molar-refractivity contribution is 7.99. The van der Waals surface area contributed by atoms with Crippen molar-refractivity contribution in [3.63, 3.8) is 0 Å². The van der Waals surface area contributed by atoms with Gasteiger partial charge >= 0.3 is 0 Å². The molecule has 0 radical (unpaired) electrons. The summed E-state index contributed by atoms with van der Waals surface area (Å²) in [5.41, 5.74) is 0. The Labute approximate surface area is 142 Å². The van der Waals surface area contributed by atoms with E-state index in [2.05, 4.69) is 40.4 Å². The molecule has 0 spiro atoms. The molecule has 2 aromatic rings. The van der Waals surface area contributed by atoms with E-state index in [1.165, 1.54) is 12.8 Å². The molecule has 0 aromatic carbocycles. The highest BCUT2D eigenvalue weighted by Crippen LogP contribution is 2.27. The van der Waals surface area contributed by atoms with Crippen molar-refractivity contribution in [2.24, 2.45) is 11.8 Å². The number of rotatable bonds is 6. The summed E-state index contributed by atoms with van der Waals surface area (Å²) >= 11 is 1.78. The highest BCUT2D eigenvalue weighted by atomic mass is 32.2. The quantitative estimate of drug-likeness (QED) is 0.750. The van der Waals surface area contributed by atoms with Crippen molar-refractivity contribution in [2.45, 2.75) is 45.3 Å². The van der Waals surface area contributed by atoms with Gasteiger partial charge in [-0.3, -0.25) is 4.57 Å². The molecule has 0 N–H and O–H groups in total. The first-order valence-electron chi connectivity index (χ1n) is 8.47. The monoisotopic (exact) mass is 334 g/mol. The molecule has 0 bridgehead atoms. The fourth-order valence-electron chi connectivity index (χ4n) is 2.93. The standard InChI is InChI=1S/C17H26N4OS/c1-13(2)12-23-17-19-18-16(20-8-4-6-14(3)10-20)21(17)11-15-7-5-9-22-15/h5,7,9,13-14H,4,6,8,10-12H2,1-3H3. The van der Waals surface area contributed by atoms with Crippen LogP contribution in [0.1, 0.15) is 39.4 Å². The second-order valence-electron chi connectivity index (χ2n) is 6.85. The Morgan fingerprint density at radius 3 is 2.96 bits per heavy atom. The summed E-state index contributed by atoms with van der Waals surface area (Å²) < 4.78 is 7.76. The molecule has 0 aliphatic carbocycles. The number of piperidine rings is 1. The Kier molecular flexibility index (Phi) is 5.30. The van der Waals surface area contributed by atoms with Crippen molar-refractivity contribution >= 4 is 17.7 Å². The van der Waals surface area contributed by atoms with Crippen LogP contribution in [0.15, 0.2) is 28.0 Å². The van der Waals surface area contributed by atoms with E-state index in [9.17, 15) is 0 Å². The predicted molar refractivity (Wildman–Crippen MR) is 94.0 cm³/mol. The zero-order valence-electron chi connectivity index (χ0n) is 14.2. The molecule has 23 heavy (non-hydrogen) atoms. The Morgan fingerprint density at radius 1 is 1.39 bits per heavy atom. The Balaban J connectivity index is 1.85. The average molecular weight is 334 g/mol. The fourth-order valence-corrected chi connectivity index (χ4v) is 3.81. The Bertz CT molecular complexity index is 608. The van der Waals surface area contributed by atoms with Gasteiger partial charge in [0.1, 0.15) is 5.76 Å².